The molecule has 43 heavy (non-hydrogen) atoms. The first-order valence-electron chi connectivity index (χ1n) is 15.8. The molecule has 2 atom stereocenters. The summed E-state index contributed by atoms with van der Waals surface area (Å²) in [6.45, 7) is 4.22. The molecule has 7 rings (SSSR count). The highest BCUT2D eigenvalue weighted by atomic mass is 19.1. The van der Waals surface area contributed by atoms with Gasteiger partial charge in [-0.15, -0.1) is 5.10 Å². The van der Waals surface area contributed by atoms with Gasteiger partial charge < -0.3 is 20.6 Å². The van der Waals surface area contributed by atoms with Crippen molar-refractivity contribution in [2.75, 3.05) is 25.0 Å². The summed E-state index contributed by atoms with van der Waals surface area (Å²) >= 11 is 0. The largest absolute Gasteiger partial charge is 0.390 e. The molecule has 1 aromatic heterocycles. The maximum Gasteiger partial charge on any atom is 0.319 e. The standard InChI is InChI=1S/C33H44FN7O2/c1-22(35-32(43)36-29-7-3-6-27(16-29)31-37-38-39-40(31)2)30(42)20-41(12-4-5-23-8-10-28(34)11-9-23)21-33-17-24-13-25(18-33)15-26(14-24)19-33/h3,6-11,16,22,24-26,30,42H,4-5,12-15,17-21H2,1-2H3,(H2,35,36,43)/t22-,24?,25?,26?,30-,33?/m0/s1. The first kappa shape index (κ1) is 29.7. The summed E-state index contributed by atoms with van der Waals surface area (Å²) in [5.74, 6) is 2.99. The van der Waals surface area contributed by atoms with Gasteiger partial charge >= 0.3 is 6.03 Å². The number of rotatable bonds is 12. The smallest absolute Gasteiger partial charge is 0.319 e. The molecule has 4 saturated carbocycles. The lowest BCUT2D eigenvalue weighted by Gasteiger charge is -2.58. The zero-order chi connectivity index (χ0) is 30.0. The van der Waals surface area contributed by atoms with Crippen LogP contribution in [0.1, 0.15) is 57.4 Å². The molecule has 9 nitrogen and oxygen atoms in total. The van der Waals surface area contributed by atoms with Crippen LogP contribution < -0.4 is 10.6 Å². The third-order valence-electron chi connectivity index (χ3n) is 9.96. The number of nitrogens with one attached hydrogen (secondary N) is 2. The van der Waals surface area contributed by atoms with Crippen LogP contribution in [-0.2, 0) is 13.5 Å². The third kappa shape index (κ3) is 7.24. The molecular weight excluding hydrogens is 545 g/mol. The minimum absolute atomic E-state index is 0.212. The van der Waals surface area contributed by atoms with Gasteiger partial charge in [-0.05, 0) is 128 Å². The molecule has 0 unspecified atom stereocenters. The lowest BCUT2D eigenvalue weighted by atomic mass is 9.49. The number of benzene rings is 2. The summed E-state index contributed by atoms with van der Waals surface area (Å²) in [6, 6.07) is 13.3. The van der Waals surface area contributed by atoms with Gasteiger partial charge in [0.1, 0.15) is 5.82 Å². The molecule has 0 saturated heterocycles. The number of aromatic nitrogens is 4. The van der Waals surface area contributed by atoms with E-state index in [0.717, 1.165) is 54.8 Å². The molecule has 10 heteroatoms. The van der Waals surface area contributed by atoms with Crippen molar-refractivity contribution in [3.05, 3.63) is 59.9 Å². The fourth-order valence-electron chi connectivity index (χ4n) is 8.45. The number of amides is 2. The molecule has 4 aliphatic carbocycles. The predicted molar refractivity (Wildman–Crippen MR) is 164 cm³/mol. The van der Waals surface area contributed by atoms with Crippen LogP contribution >= 0.6 is 0 Å². The van der Waals surface area contributed by atoms with E-state index in [1.165, 1.54) is 50.7 Å². The van der Waals surface area contributed by atoms with Gasteiger partial charge in [-0.25, -0.2) is 13.9 Å². The lowest BCUT2D eigenvalue weighted by molar-refractivity contribution is -0.0737. The van der Waals surface area contributed by atoms with Crippen molar-refractivity contribution in [3.8, 4) is 11.4 Å². The number of aryl methyl sites for hydroxylation is 2. The molecule has 230 valence electrons. The summed E-state index contributed by atoms with van der Waals surface area (Å²) in [6.07, 6.45) is 9.22. The van der Waals surface area contributed by atoms with E-state index in [-0.39, 0.29) is 11.8 Å². The first-order chi connectivity index (χ1) is 20.7. The summed E-state index contributed by atoms with van der Waals surface area (Å²) in [5, 5.41) is 28.7. The number of carbonyl (C=O) groups excluding carboxylic acids is 1. The summed E-state index contributed by atoms with van der Waals surface area (Å²) in [5.41, 5.74) is 2.88. The van der Waals surface area contributed by atoms with Gasteiger partial charge in [-0.3, -0.25) is 0 Å². The van der Waals surface area contributed by atoms with E-state index >= 15 is 0 Å². The number of hydrogen-bond donors (Lipinski definition) is 3. The summed E-state index contributed by atoms with van der Waals surface area (Å²) in [4.78, 5) is 15.4. The molecular formula is C33H44FN7O2. The Kier molecular flexibility index (Phi) is 8.77. The van der Waals surface area contributed by atoms with Crippen molar-refractivity contribution in [2.24, 2.45) is 30.2 Å². The minimum atomic E-state index is -0.721. The average molecular weight is 590 g/mol. The Morgan fingerprint density at radius 3 is 2.47 bits per heavy atom. The number of hydrogen-bond acceptors (Lipinski definition) is 6. The lowest BCUT2D eigenvalue weighted by Crippen LogP contribution is -2.54. The van der Waals surface area contributed by atoms with Crippen LogP contribution in [0.5, 0.6) is 0 Å². The van der Waals surface area contributed by atoms with Crippen LogP contribution in [0.15, 0.2) is 48.5 Å². The highest BCUT2D eigenvalue weighted by Gasteiger charge is 2.51. The molecule has 1 heterocycles. The van der Waals surface area contributed by atoms with Crippen LogP contribution in [0.25, 0.3) is 11.4 Å². The molecule has 0 radical (unpaired) electrons. The molecule has 3 aromatic rings. The van der Waals surface area contributed by atoms with E-state index in [1.807, 2.05) is 43.3 Å². The Labute approximate surface area is 253 Å². The van der Waals surface area contributed by atoms with Crippen molar-refractivity contribution in [2.45, 2.75) is 70.4 Å². The Hall–Kier alpha value is -3.37. The second kappa shape index (κ2) is 12.7. The van der Waals surface area contributed by atoms with E-state index in [9.17, 15) is 14.3 Å². The monoisotopic (exact) mass is 589 g/mol. The molecule has 4 bridgehead atoms. The number of urea groups is 1. The van der Waals surface area contributed by atoms with Crippen LogP contribution in [0.2, 0.25) is 0 Å². The zero-order valence-corrected chi connectivity index (χ0v) is 25.3. The fraction of sp³-hybridized carbons (Fsp3) is 0.576. The van der Waals surface area contributed by atoms with Gasteiger partial charge in [-0.1, -0.05) is 24.3 Å². The van der Waals surface area contributed by atoms with Gasteiger partial charge in [0, 0.05) is 31.4 Å². The van der Waals surface area contributed by atoms with Crippen molar-refractivity contribution in [1.82, 2.24) is 30.4 Å². The average Bonchev–Trinajstić information content (AvgIpc) is 3.39. The molecule has 4 fully saturated rings. The number of anilines is 1. The highest BCUT2D eigenvalue weighted by molar-refractivity contribution is 5.90. The fourth-order valence-corrected chi connectivity index (χ4v) is 8.45. The molecule has 3 N–H and O–H groups in total. The second-order valence-electron chi connectivity index (χ2n) is 13.5. The number of halogens is 1. The topological polar surface area (TPSA) is 108 Å². The Bertz CT molecular complexity index is 1360. The summed E-state index contributed by atoms with van der Waals surface area (Å²) < 4.78 is 15.0. The third-order valence-corrected chi connectivity index (χ3v) is 9.96. The van der Waals surface area contributed by atoms with Crippen LogP contribution in [0, 0.1) is 29.0 Å². The normalized spacial score (nSPS) is 25.6. The molecule has 2 amide bonds. The first-order valence-corrected chi connectivity index (χ1v) is 15.8. The maximum absolute atomic E-state index is 13.4. The number of tetrazole rings is 1. The zero-order valence-electron chi connectivity index (χ0n) is 25.3. The van der Waals surface area contributed by atoms with Crippen LogP contribution in [0.3, 0.4) is 0 Å². The van der Waals surface area contributed by atoms with Crippen molar-refractivity contribution in [1.29, 1.82) is 0 Å². The van der Waals surface area contributed by atoms with Crippen molar-refractivity contribution in [3.63, 3.8) is 0 Å². The van der Waals surface area contributed by atoms with Gasteiger partial charge in [0.25, 0.3) is 0 Å². The van der Waals surface area contributed by atoms with Crippen molar-refractivity contribution < 1.29 is 14.3 Å². The van der Waals surface area contributed by atoms with E-state index in [1.54, 1.807) is 11.7 Å². The van der Waals surface area contributed by atoms with Crippen LogP contribution in [-0.4, -0.2) is 68.0 Å². The number of aliphatic hydroxyl groups excluding tert-OH is 1. The summed E-state index contributed by atoms with van der Waals surface area (Å²) in [7, 11) is 1.76. The SMILES string of the molecule is C[C@H](NC(=O)Nc1cccc(-c2nnnn2C)c1)[C@@H](O)CN(CCCc1ccc(F)cc1)CC12CC3CC(CC(C3)C1)C2. The van der Waals surface area contributed by atoms with Gasteiger partial charge in [0.05, 0.1) is 12.1 Å². The second-order valence-corrected chi connectivity index (χ2v) is 13.5. The van der Waals surface area contributed by atoms with Crippen molar-refractivity contribution >= 4 is 11.7 Å². The Morgan fingerprint density at radius 2 is 1.81 bits per heavy atom. The van der Waals surface area contributed by atoms with E-state index in [0.29, 0.717) is 23.5 Å². The molecule has 0 spiro atoms. The molecule has 0 aliphatic heterocycles. The molecule has 2 aromatic carbocycles. The van der Waals surface area contributed by atoms with E-state index in [2.05, 4.69) is 31.1 Å². The van der Waals surface area contributed by atoms with E-state index in [4.69, 9.17) is 0 Å². The quantitative estimate of drug-likeness (QED) is 0.273. The van der Waals surface area contributed by atoms with E-state index < -0.39 is 12.1 Å². The maximum atomic E-state index is 13.4. The van der Waals surface area contributed by atoms with Crippen LogP contribution in [0.4, 0.5) is 14.9 Å². The Balaban J connectivity index is 1.07. The molecule has 4 aliphatic rings. The number of nitrogens with zero attached hydrogens (tertiary/aromatic N) is 5. The van der Waals surface area contributed by atoms with Gasteiger partial charge in [0.15, 0.2) is 5.82 Å². The number of aliphatic hydroxyl groups is 1. The Morgan fingerprint density at radius 1 is 1.12 bits per heavy atom. The predicted octanol–water partition coefficient (Wildman–Crippen LogP) is 5.04. The van der Waals surface area contributed by atoms with Gasteiger partial charge in [0.2, 0.25) is 0 Å². The van der Waals surface area contributed by atoms with Gasteiger partial charge in [-0.2, -0.15) is 0 Å². The number of carbonyl (C=O) groups is 1. The minimum Gasteiger partial charge on any atom is -0.390 e. The highest BCUT2D eigenvalue weighted by Crippen LogP contribution is 2.60.